The first kappa shape index (κ1) is 23.5. The Morgan fingerprint density at radius 2 is 1.75 bits per heavy atom. The number of unbranched alkanes of at least 4 members (excludes halogenated alkanes) is 5. The molecular formula is C24H33N5O3. The zero-order chi connectivity index (χ0) is 22.8. The van der Waals surface area contributed by atoms with Crippen LogP contribution in [0.25, 0.3) is 0 Å². The Morgan fingerprint density at radius 1 is 1.03 bits per heavy atom. The molecule has 0 saturated carbocycles. The first-order valence-corrected chi connectivity index (χ1v) is 11.6. The highest BCUT2D eigenvalue weighted by atomic mass is 16.6. The third-order valence-electron chi connectivity index (χ3n) is 5.84. The summed E-state index contributed by atoms with van der Waals surface area (Å²) in [6, 6.07) is 10.6. The molecule has 0 aliphatic carbocycles. The second-order valence-electron chi connectivity index (χ2n) is 8.15. The number of carbonyl (C=O) groups is 1. The van der Waals surface area contributed by atoms with Crippen LogP contribution in [-0.4, -0.2) is 48.5 Å². The van der Waals surface area contributed by atoms with Gasteiger partial charge in [-0.15, -0.1) is 0 Å². The number of nitrogens with zero attached hydrogens (tertiary/aromatic N) is 4. The van der Waals surface area contributed by atoms with Crippen LogP contribution in [0.2, 0.25) is 0 Å². The molecule has 2 heterocycles. The lowest BCUT2D eigenvalue weighted by Gasteiger charge is -2.36. The number of amides is 1. The number of rotatable bonds is 11. The molecule has 0 atom stereocenters. The van der Waals surface area contributed by atoms with Gasteiger partial charge in [-0.3, -0.25) is 14.9 Å². The molecule has 1 aromatic carbocycles. The molecule has 3 rings (SSSR count). The number of benzene rings is 1. The largest absolute Gasteiger partial charge is 0.362 e. The van der Waals surface area contributed by atoms with Gasteiger partial charge in [-0.1, -0.05) is 45.1 Å². The quantitative estimate of drug-likeness (QED) is 0.317. The highest BCUT2D eigenvalue weighted by Gasteiger charge is 2.25. The summed E-state index contributed by atoms with van der Waals surface area (Å²) < 4.78 is 0. The maximum absolute atomic E-state index is 12.5. The van der Waals surface area contributed by atoms with Crippen molar-refractivity contribution in [2.75, 3.05) is 42.5 Å². The second kappa shape index (κ2) is 12.0. The summed E-state index contributed by atoms with van der Waals surface area (Å²) >= 11 is 0. The van der Waals surface area contributed by atoms with Gasteiger partial charge in [0, 0.05) is 50.6 Å². The number of piperazine rings is 1. The maximum atomic E-state index is 12.5. The lowest BCUT2D eigenvalue weighted by Crippen LogP contribution is -2.47. The lowest BCUT2D eigenvalue weighted by atomic mass is 10.1. The van der Waals surface area contributed by atoms with Crippen LogP contribution in [-0.2, 0) is 0 Å². The molecule has 1 saturated heterocycles. The predicted octanol–water partition coefficient (Wildman–Crippen LogP) is 4.41. The molecule has 1 aliphatic rings. The van der Waals surface area contributed by atoms with Crippen molar-refractivity contribution in [3.8, 4) is 0 Å². The maximum Gasteiger partial charge on any atom is 0.293 e. The lowest BCUT2D eigenvalue weighted by molar-refractivity contribution is -0.384. The van der Waals surface area contributed by atoms with Crippen LogP contribution in [0.4, 0.5) is 17.2 Å². The van der Waals surface area contributed by atoms with Gasteiger partial charge in [-0.25, -0.2) is 4.98 Å². The Morgan fingerprint density at radius 3 is 2.44 bits per heavy atom. The van der Waals surface area contributed by atoms with Gasteiger partial charge in [0.1, 0.15) is 11.5 Å². The molecular weight excluding hydrogens is 406 g/mol. The fraction of sp³-hybridized carbons (Fsp3) is 0.500. The summed E-state index contributed by atoms with van der Waals surface area (Å²) in [6.45, 7) is 5.55. The van der Waals surface area contributed by atoms with E-state index in [1.807, 2.05) is 23.1 Å². The van der Waals surface area contributed by atoms with Gasteiger partial charge in [0.2, 0.25) is 0 Å². The molecule has 32 heavy (non-hydrogen) atoms. The number of anilines is 2. The number of hydrogen-bond donors (Lipinski definition) is 1. The highest BCUT2D eigenvalue weighted by Crippen LogP contribution is 2.30. The van der Waals surface area contributed by atoms with Crippen LogP contribution in [0.1, 0.15) is 55.8 Å². The zero-order valence-electron chi connectivity index (χ0n) is 18.8. The first-order valence-electron chi connectivity index (χ1n) is 11.6. The summed E-state index contributed by atoms with van der Waals surface area (Å²) in [7, 11) is 0. The van der Waals surface area contributed by atoms with Gasteiger partial charge in [0.05, 0.1) is 4.92 Å². The minimum Gasteiger partial charge on any atom is -0.362 e. The van der Waals surface area contributed by atoms with E-state index >= 15 is 0 Å². The van der Waals surface area contributed by atoms with Crippen LogP contribution in [0.15, 0.2) is 42.6 Å². The molecule has 0 spiro atoms. The molecule has 1 fully saturated rings. The molecule has 0 radical (unpaired) electrons. The van der Waals surface area contributed by atoms with E-state index in [1.54, 1.807) is 18.3 Å². The molecule has 2 aromatic rings. The number of hydrogen-bond acceptors (Lipinski definition) is 6. The van der Waals surface area contributed by atoms with E-state index in [9.17, 15) is 14.9 Å². The number of aromatic nitrogens is 1. The first-order chi connectivity index (χ1) is 15.6. The van der Waals surface area contributed by atoms with E-state index in [0.717, 1.165) is 31.7 Å². The van der Waals surface area contributed by atoms with Gasteiger partial charge in [0.15, 0.2) is 0 Å². The Hall–Kier alpha value is -3.16. The molecule has 1 aliphatic heterocycles. The van der Waals surface area contributed by atoms with Crippen molar-refractivity contribution < 1.29 is 9.72 Å². The van der Waals surface area contributed by atoms with Crippen LogP contribution in [0.5, 0.6) is 0 Å². The number of pyridine rings is 1. The fourth-order valence-corrected chi connectivity index (χ4v) is 4.00. The van der Waals surface area contributed by atoms with Gasteiger partial charge in [-0.05, 0) is 30.7 Å². The van der Waals surface area contributed by atoms with Crippen LogP contribution < -0.4 is 15.1 Å². The zero-order valence-corrected chi connectivity index (χ0v) is 18.8. The van der Waals surface area contributed by atoms with Crippen molar-refractivity contribution in [3.63, 3.8) is 0 Å². The molecule has 0 unspecified atom stereocenters. The van der Waals surface area contributed by atoms with Crippen molar-refractivity contribution in [1.29, 1.82) is 0 Å². The fourth-order valence-electron chi connectivity index (χ4n) is 4.00. The molecule has 1 N–H and O–H groups in total. The van der Waals surface area contributed by atoms with Crippen LogP contribution in [0, 0.1) is 10.1 Å². The molecule has 1 amide bonds. The van der Waals surface area contributed by atoms with Gasteiger partial charge in [-0.2, -0.15) is 0 Å². The monoisotopic (exact) mass is 439 g/mol. The molecule has 8 heteroatoms. The van der Waals surface area contributed by atoms with Crippen molar-refractivity contribution in [2.45, 2.75) is 45.4 Å². The van der Waals surface area contributed by atoms with Gasteiger partial charge < -0.3 is 15.1 Å². The summed E-state index contributed by atoms with van der Waals surface area (Å²) in [5.74, 6) is 0.659. The summed E-state index contributed by atoms with van der Waals surface area (Å²) in [4.78, 5) is 32.4. The average Bonchev–Trinajstić information content (AvgIpc) is 2.83. The second-order valence-corrected chi connectivity index (χ2v) is 8.15. The van der Waals surface area contributed by atoms with Crippen LogP contribution in [0.3, 0.4) is 0 Å². The Balaban J connectivity index is 1.56. The number of carbonyl (C=O) groups excluding carboxylic acids is 1. The minimum atomic E-state index is -0.398. The third kappa shape index (κ3) is 6.42. The molecule has 1 aromatic heterocycles. The van der Waals surface area contributed by atoms with E-state index in [-0.39, 0.29) is 11.6 Å². The van der Waals surface area contributed by atoms with Gasteiger partial charge >= 0.3 is 0 Å². The van der Waals surface area contributed by atoms with Gasteiger partial charge in [0.25, 0.3) is 11.6 Å². The smallest absolute Gasteiger partial charge is 0.293 e. The summed E-state index contributed by atoms with van der Waals surface area (Å²) in [5, 5.41) is 14.6. The number of nitrogens with one attached hydrogen (secondary N) is 1. The van der Waals surface area contributed by atoms with E-state index in [0.29, 0.717) is 30.9 Å². The Kier molecular flexibility index (Phi) is 8.83. The normalized spacial score (nSPS) is 13.8. The standard InChI is InChI=1S/C24H33N5O3/c1-2-3-4-5-6-8-14-26-24(30)20-11-12-21(22(19-20)29(31)32)27-15-17-28(18-16-27)23-10-7-9-13-25-23/h7,9-13,19H,2-6,8,14-18H2,1H3,(H,26,30). The topological polar surface area (TPSA) is 91.6 Å². The number of nitro benzene ring substituents is 1. The van der Waals surface area contributed by atoms with E-state index in [2.05, 4.69) is 22.1 Å². The molecule has 172 valence electrons. The van der Waals surface area contributed by atoms with Crippen LogP contribution >= 0.6 is 0 Å². The third-order valence-corrected chi connectivity index (χ3v) is 5.84. The van der Waals surface area contributed by atoms with Crippen molar-refractivity contribution in [3.05, 3.63) is 58.3 Å². The van der Waals surface area contributed by atoms with E-state index < -0.39 is 4.92 Å². The highest BCUT2D eigenvalue weighted by molar-refractivity contribution is 5.95. The minimum absolute atomic E-state index is 0.0245. The van der Waals surface area contributed by atoms with E-state index in [4.69, 9.17) is 0 Å². The Bertz CT molecular complexity index is 882. The summed E-state index contributed by atoms with van der Waals surface area (Å²) in [6.07, 6.45) is 8.65. The molecule has 8 nitrogen and oxygen atoms in total. The van der Waals surface area contributed by atoms with Crippen molar-refractivity contribution >= 4 is 23.1 Å². The molecule has 0 bridgehead atoms. The van der Waals surface area contributed by atoms with Crippen molar-refractivity contribution in [1.82, 2.24) is 10.3 Å². The average molecular weight is 440 g/mol. The van der Waals surface area contributed by atoms with Crippen molar-refractivity contribution in [2.24, 2.45) is 0 Å². The SMILES string of the molecule is CCCCCCCCNC(=O)c1ccc(N2CCN(c3ccccn3)CC2)c([N+](=O)[O-])c1. The summed E-state index contributed by atoms with van der Waals surface area (Å²) in [5.41, 5.74) is 0.866. The van der Waals surface area contributed by atoms with E-state index in [1.165, 1.54) is 31.7 Å². The number of nitro groups is 1. The Labute approximate surface area is 189 Å². The predicted molar refractivity (Wildman–Crippen MR) is 127 cm³/mol.